The molecule has 0 bridgehead atoms. The van der Waals surface area contributed by atoms with Crippen molar-refractivity contribution in [3.8, 4) is 0 Å². The van der Waals surface area contributed by atoms with Crippen molar-refractivity contribution in [3.05, 3.63) is 0 Å². The van der Waals surface area contributed by atoms with Crippen LogP contribution >= 0.6 is 0 Å². The molecule has 0 aliphatic rings. The number of nitrogens with zero attached hydrogens (tertiary/aromatic N) is 1. The van der Waals surface area contributed by atoms with Crippen molar-refractivity contribution in [1.29, 1.82) is 0 Å². The fourth-order valence-electron chi connectivity index (χ4n) is 4.49. The van der Waals surface area contributed by atoms with Crippen LogP contribution < -0.4 is 266 Å². The van der Waals surface area contributed by atoms with Crippen molar-refractivity contribution in [1.82, 2.24) is 10.2 Å². The fourth-order valence-corrected chi connectivity index (χ4v) is 5.10. The van der Waals surface area contributed by atoms with Crippen LogP contribution in [0.2, 0.25) is 6.04 Å². The van der Waals surface area contributed by atoms with E-state index < -0.39 is 99.6 Å². The Labute approximate surface area is 461 Å². The number of hydrogen-bond acceptors (Lipinski definition) is 16. The molecule has 0 fully saturated rings. The molecule has 49 heavy (non-hydrogen) atoms. The number of ketones is 1. The number of carboxylic acid groups (broad SMARTS) is 2. The quantitative estimate of drug-likeness (QED) is 0.0371. The van der Waals surface area contributed by atoms with Gasteiger partial charge in [-0.25, -0.2) is 0 Å². The Kier molecular flexibility index (Phi) is 53.3. The van der Waals surface area contributed by atoms with Crippen LogP contribution in [0.5, 0.6) is 0 Å². The molecule has 1 N–H and O–H groups in total. The number of aliphatic carboxylic acids is 2. The summed E-state index contributed by atoms with van der Waals surface area (Å²) < 4.78 is 13.6. The van der Waals surface area contributed by atoms with Gasteiger partial charge in [0.15, 0.2) is 11.9 Å². The predicted octanol–water partition coefficient (Wildman–Crippen LogP) is -32.0. The molecule has 3 unspecified atom stereocenters. The Morgan fingerprint density at radius 3 is 1.53 bits per heavy atom. The summed E-state index contributed by atoms with van der Waals surface area (Å²) in [5, 5.41) is 26.9. The third kappa shape index (κ3) is 17.6. The SMILES string of the molecule is CCN(CC)C(=O)C(O[C-]=O)(C(O[C-]=O)(C(C)=O)C(O[C-]=O)C(=O)[O-])[C@](CC)(C(=O)[O-])C(=O)NCCC[Si]([O-])([O-])[O-].[Na+].[Na+].[Na+].[Na+].[Na+].[Na+].[Na+].[Na+]. The Balaban J connectivity index is -0.000000286. The minimum absolute atomic E-state index is 0. The number of rotatable bonds is 21. The van der Waals surface area contributed by atoms with Gasteiger partial charge in [0.25, 0.3) is 5.91 Å². The van der Waals surface area contributed by atoms with E-state index in [1.54, 1.807) is 0 Å². The van der Waals surface area contributed by atoms with Crippen molar-refractivity contribution >= 4 is 57.8 Å². The van der Waals surface area contributed by atoms with Crippen LogP contribution in [0.3, 0.4) is 0 Å². The van der Waals surface area contributed by atoms with Gasteiger partial charge in [-0.05, 0) is 33.6 Å². The zero-order chi connectivity index (χ0) is 32.2. The van der Waals surface area contributed by atoms with Crippen LogP contribution in [0.4, 0.5) is 0 Å². The number of likely N-dealkylation sites (N-methyl/N-ethyl adjacent to an activating group) is 1. The van der Waals surface area contributed by atoms with Crippen LogP contribution in [0.25, 0.3) is 0 Å². The van der Waals surface area contributed by atoms with Gasteiger partial charge in [0.2, 0.25) is 17.1 Å². The van der Waals surface area contributed by atoms with E-state index in [1.807, 2.05) is 5.32 Å². The van der Waals surface area contributed by atoms with Crippen LogP contribution in [0, 0.1) is 5.41 Å². The predicted molar refractivity (Wildman–Crippen MR) is 119 cm³/mol. The number of amides is 2. The Morgan fingerprint density at radius 2 is 1.24 bits per heavy atom. The minimum Gasteiger partial charge on any atom is -0.881 e. The van der Waals surface area contributed by atoms with E-state index in [2.05, 4.69) is 9.47 Å². The molecule has 0 saturated heterocycles. The first-order valence-corrected chi connectivity index (χ1v) is 13.7. The second-order valence-corrected chi connectivity index (χ2v) is 10.2. The van der Waals surface area contributed by atoms with Gasteiger partial charge in [0, 0.05) is 19.6 Å². The summed E-state index contributed by atoms with van der Waals surface area (Å²) in [4.78, 5) is 134. The van der Waals surface area contributed by atoms with Gasteiger partial charge >= 0.3 is 236 Å². The van der Waals surface area contributed by atoms with Gasteiger partial charge < -0.3 is 73.0 Å². The Morgan fingerprint density at radius 1 is 0.796 bits per heavy atom. The van der Waals surface area contributed by atoms with Crippen LogP contribution in [0.1, 0.15) is 40.5 Å². The number of Topliss-reactive ketones (excluding diaryl/α,β-unsaturated/α-hetero) is 1. The first-order valence-electron chi connectivity index (χ1n) is 11.8. The normalized spacial score (nSPS) is 13.6. The molecular formula is C22H26N2Na8O16Si. The molecule has 2 amide bonds. The standard InChI is InChI=1S/C22H28N2O16Si.8Na/c1-5-20(19(33)34,17(31)23-9-8-10-41(35,36)37)22(40-13-27,18(32)24(6-2)7-3)21(14(4)28,39-12-26)15(16(29)30)38-11-25;;;;;;;;/h15H,5-10H2,1-4H3,(H,23,31)(H,29,30)(H,33,34);;;;;;;;/q-6;8*+1/p-2/t15?,20-,21?,22?;;;;;;;;/m0......../s1. The van der Waals surface area contributed by atoms with Gasteiger partial charge in [0.1, 0.15) is 5.41 Å². The zero-order valence-corrected chi connectivity index (χ0v) is 47.3. The van der Waals surface area contributed by atoms with E-state index in [4.69, 9.17) is 4.74 Å². The Hall–Kier alpha value is 4.06. The first-order chi connectivity index (χ1) is 19.0. The third-order valence-corrected chi connectivity index (χ3v) is 7.32. The van der Waals surface area contributed by atoms with Crippen LogP contribution in [0.15, 0.2) is 0 Å². The number of carbonyl (C=O) groups excluding carboxylic acids is 8. The molecule has 0 aromatic rings. The average molecular weight is 786 g/mol. The summed E-state index contributed by atoms with van der Waals surface area (Å²) >= 11 is 0. The topological polar surface area (TPSA) is 295 Å². The molecule has 0 heterocycles. The maximum atomic E-state index is 14.2. The summed E-state index contributed by atoms with van der Waals surface area (Å²) in [5.74, 6) is -10.8. The molecule has 0 aliphatic carbocycles. The van der Waals surface area contributed by atoms with Gasteiger partial charge in [-0.1, -0.05) is 26.3 Å². The minimum atomic E-state index is -5.39. The average Bonchev–Trinajstić information content (AvgIpc) is 2.88. The molecule has 0 saturated carbocycles. The molecule has 232 valence electrons. The molecule has 18 nitrogen and oxygen atoms in total. The molecule has 27 heteroatoms. The second-order valence-electron chi connectivity index (χ2n) is 8.31. The van der Waals surface area contributed by atoms with Crippen molar-refractivity contribution in [3.63, 3.8) is 0 Å². The van der Waals surface area contributed by atoms with Crippen molar-refractivity contribution in [2.24, 2.45) is 5.41 Å². The molecule has 0 aromatic heterocycles. The van der Waals surface area contributed by atoms with E-state index >= 15 is 0 Å². The van der Waals surface area contributed by atoms with Gasteiger partial charge in [-0.3, -0.25) is 23.2 Å². The molecule has 0 radical (unpaired) electrons. The van der Waals surface area contributed by atoms with E-state index in [-0.39, 0.29) is 236 Å². The number of hydrogen-bond donors (Lipinski definition) is 1. The van der Waals surface area contributed by atoms with E-state index in [1.165, 1.54) is 13.8 Å². The Bertz CT molecular complexity index is 1040. The van der Waals surface area contributed by atoms with E-state index in [9.17, 15) is 63.0 Å². The summed E-state index contributed by atoms with van der Waals surface area (Å²) in [7, 11) is -5.39. The van der Waals surface area contributed by atoms with Crippen LogP contribution in [-0.2, 0) is 52.6 Å². The molecule has 0 spiro atoms. The van der Waals surface area contributed by atoms with Gasteiger partial charge in [0.05, 0.1) is 11.9 Å². The van der Waals surface area contributed by atoms with Crippen molar-refractivity contribution < 1.29 is 314 Å². The zero-order valence-electron chi connectivity index (χ0n) is 30.3. The summed E-state index contributed by atoms with van der Waals surface area (Å²) in [6, 6.07) is -1.00. The van der Waals surface area contributed by atoms with Gasteiger partial charge in [-0.2, -0.15) is 0 Å². The van der Waals surface area contributed by atoms with Crippen molar-refractivity contribution in [2.45, 2.75) is 63.9 Å². The smallest absolute Gasteiger partial charge is 0.881 e. The number of ether oxygens (including phenoxy) is 3. The van der Waals surface area contributed by atoms with Crippen molar-refractivity contribution in [2.75, 3.05) is 19.6 Å². The third-order valence-electron chi connectivity index (χ3n) is 6.36. The van der Waals surface area contributed by atoms with E-state index in [0.29, 0.717) is 31.2 Å². The number of nitrogens with one attached hydrogen (secondary N) is 1. The first kappa shape index (κ1) is 74.1. The molecule has 0 aromatic carbocycles. The van der Waals surface area contributed by atoms with Gasteiger partial charge in [-0.15, -0.1) is 6.04 Å². The van der Waals surface area contributed by atoms with E-state index in [0.717, 1.165) is 6.92 Å². The molecule has 0 rings (SSSR count). The largest absolute Gasteiger partial charge is 1.00 e. The summed E-state index contributed by atoms with van der Waals surface area (Å²) in [5.41, 5.74) is -11.9. The summed E-state index contributed by atoms with van der Waals surface area (Å²) in [6.45, 7) is 4.15. The monoisotopic (exact) mass is 786 g/mol. The number of carboxylic acids is 2. The molecule has 4 atom stereocenters. The second kappa shape index (κ2) is 35.2. The maximum Gasteiger partial charge on any atom is 1.00 e. The summed E-state index contributed by atoms with van der Waals surface area (Å²) in [6.07, 6.45) is -5.13. The molecule has 0 aliphatic heterocycles. The fraction of sp³-hybridized carbons (Fsp3) is 0.636. The molecular weight excluding hydrogens is 760 g/mol. The maximum absolute atomic E-state index is 14.2. The van der Waals surface area contributed by atoms with Crippen LogP contribution in [-0.4, -0.2) is 99.6 Å². The number of carbonyl (C=O) groups is 5.